The topological polar surface area (TPSA) is 0 Å². The summed E-state index contributed by atoms with van der Waals surface area (Å²) in [5.74, 6) is 4.21. The van der Waals surface area contributed by atoms with E-state index in [1.165, 1.54) is 11.8 Å². The van der Waals surface area contributed by atoms with E-state index >= 15 is 0 Å². The minimum atomic E-state index is 0.545. The Balaban J connectivity index is 1.45. The summed E-state index contributed by atoms with van der Waals surface area (Å²) in [6, 6.07) is 10.2. The van der Waals surface area contributed by atoms with Crippen molar-refractivity contribution < 1.29 is 0 Å². The Hall–Kier alpha value is -4.16. The van der Waals surface area contributed by atoms with Crippen LogP contribution in [0.1, 0.15) is 64.0 Å². The molecular formula is C41H20. The Kier molecular flexibility index (Phi) is 1.95. The molecule has 9 aromatic carbocycles. The molecule has 1 fully saturated rings. The molecule has 0 aromatic heterocycles. The van der Waals surface area contributed by atoms with E-state index in [0.717, 1.165) is 0 Å². The van der Waals surface area contributed by atoms with Crippen LogP contribution in [0.15, 0.2) is 42.5 Å². The highest BCUT2D eigenvalue weighted by molar-refractivity contribution is 6.55. The van der Waals surface area contributed by atoms with Crippen molar-refractivity contribution in [3.63, 3.8) is 0 Å². The van der Waals surface area contributed by atoms with E-state index in [0.29, 0.717) is 41.4 Å². The van der Waals surface area contributed by atoms with Gasteiger partial charge in [0, 0.05) is 17.8 Å². The second-order valence-electron chi connectivity index (χ2n) is 15.3. The van der Waals surface area contributed by atoms with Crippen LogP contribution < -0.4 is 5.22 Å². The van der Waals surface area contributed by atoms with Crippen molar-refractivity contribution >= 4 is 97.8 Å². The van der Waals surface area contributed by atoms with Gasteiger partial charge in [0.15, 0.2) is 0 Å². The smallest absolute Gasteiger partial charge is 0.0142 e. The lowest BCUT2D eigenvalue weighted by Crippen LogP contribution is -2.31. The maximum Gasteiger partial charge on any atom is 0.0142 e. The molecule has 0 N–H and O–H groups in total. The Labute approximate surface area is 233 Å². The van der Waals surface area contributed by atoms with Gasteiger partial charge in [0.2, 0.25) is 0 Å². The molecule has 7 atom stereocenters. The van der Waals surface area contributed by atoms with Crippen LogP contribution in [-0.4, -0.2) is 0 Å². The van der Waals surface area contributed by atoms with Crippen molar-refractivity contribution in [3.8, 4) is 0 Å². The highest BCUT2D eigenvalue weighted by Crippen LogP contribution is 2.73. The molecule has 0 spiro atoms. The summed E-state index contributed by atoms with van der Waals surface area (Å²) in [5.41, 5.74) is 11.9. The molecule has 1 saturated carbocycles. The Morgan fingerprint density at radius 2 is 1.34 bits per heavy atom. The van der Waals surface area contributed by atoms with Crippen LogP contribution in [0, 0.1) is 17.8 Å². The summed E-state index contributed by atoms with van der Waals surface area (Å²) in [5, 5.41) is 28.1. The summed E-state index contributed by atoms with van der Waals surface area (Å²) < 4.78 is 0. The molecule has 0 heteroatoms. The zero-order valence-electron chi connectivity index (χ0n) is 22.4. The molecule has 0 nitrogen and oxygen atoms in total. The zero-order valence-corrected chi connectivity index (χ0v) is 22.4. The Morgan fingerprint density at radius 1 is 0.561 bits per heavy atom. The largest absolute Gasteiger partial charge is 0.0835 e. The van der Waals surface area contributed by atoms with Crippen molar-refractivity contribution in [3.05, 3.63) is 81.1 Å². The maximum absolute atomic E-state index is 2.70. The fourth-order valence-corrected chi connectivity index (χ4v) is 13.9. The molecule has 7 aliphatic carbocycles. The zero-order chi connectivity index (χ0) is 25.3. The third-order valence-corrected chi connectivity index (χ3v) is 14.6. The molecule has 7 unspecified atom stereocenters. The predicted octanol–water partition coefficient (Wildman–Crippen LogP) is 9.38. The summed E-state index contributed by atoms with van der Waals surface area (Å²) in [7, 11) is 0. The third kappa shape index (κ3) is 1.21. The standard InChI is InChI=1S/C41H20/c1-11-10-20-18-7-6-16-14-3-2-12-13-4-5-15-17-8-9-19-21(11)31-30(20)35-28(18)26(16)33-23(14)22(12)32-24(13)25(15)34-27(17)29(19)36(31)41-39(34)37(32)38(33)40(35)41/h2-9,11-13,15,22,24-25H,10H2,1H3. The quantitative estimate of drug-likeness (QED) is 0.140. The van der Waals surface area contributed by atoms with E-state index in [-0.39, 0.29) is 0 Å². The first-order chi connectivity index (χ1) is 20.3. The summed E-state index contributed by atoms with van der Waals surface area (Å²) in [6.45, 7) is 2.53. The first-order valence-electron chi connectivity index (χ1n) is 16.0. The van der Waals surface area contributed by atoms with E-state index < -0.39 is 0 Å². The molecule has 0 amide bonds. The lowest BCUT2D eigenvalue weighted by molar-refractivity contribution is 0.355. The lowest BCUT2D eigenvalue weighted by atomic mass is 9.65. The van der Waals surface area contributed by atoms with Gasteiger partial charge in [-0.2, -0.15) is 0 Å². The summed E-state index contributed by atoms with van der Waals surface area (Å²) >= 11 is 0. The molecule has 41 heavy (non-hydrogen) atoms. The fraction of sp³-hybridized carbons (Fsp3) is 0.220. The van der Waals surface area contributed by atoms with Gasteiger partial charge in [-0.1, -0.05) is 55.5 Å². The van der Waals surface area contributed by atoms with Gasteiger partial charge in [0.25, 0.3) is 0 Å². The molecule has 0 bridgehead atoms. The highest BCUT2D eigenvalue weighted by Gasteiger charge is 2.59. The summed E-state index contributed by atoms with van der Waals surface area (Å²) in [6.07, 6.45) is 11.8. The fourth-order valence-electron chi connectivity index (χ4n) is 13.9. The van der Waals surface area contributed by atoms with Gasteiger partial charge in [-0.05, 0) is 160 Å². The van der Waals surface area contributed by atoms with Crippen LogP contribution in [0.3, 0.4) is 0 Å². The number of benzene rings is 5. The van der Waals surface area contributed by atoms with Gasteiger partial charge >= 0.3 is 0 Å². The predicted molar refractivity (Wildman–Crippen MR) is 170 cm³/mol. The number of hydrogen-bond acceptors (Lipinski definition) is 0. The van der Waals surface area contributed by atoms with Crippen molar-refractivity contribution in [2.24, 2.45) is 17.8 Å². The normalized spacial score (nSPS) is 32.4. The molecule has 16 rings (SSSR count). The average Bonchev–Trinajstić information content (AvgIpc) is 3.80. The maximum atomic E-state index is 2.70. The first-order valence-corrected chi connectivity index (χ1v) is 16.0. The van der Waals surface area contributed by atoms with Crippen LogP contribution in [0.4, 0.5) is 0 Å². The van der Waals surface area contributed by atoms with E-state index in [2.05, 4.69) is 55.5 Å². The van der Waals surface area contributed by atoms with Crippen LogP contribution >= 0.6 is 0 Å². The van der Waals surface area contributed by atoms with Gasteiger partial charge in [0.1, 0.15) is 0 Å². The number of allylic oxidation sites excluding steroid dienone is 3. The molecule has 0 radical (unpaired) electrons. The molecule has 0 heterocycles. The highest BCUT2D eigenvalue weighted by atomic mass is 14.6. The van der Waals surface area contributed by atoms with E-state index in [1.54, 1.807) is 119 Å². The molecule has 0 aliphatic heterocycles. The number of hydrogen-bond donors (Lipinski definition) is 0. The van der Waals surface area contributed by atoms with Gasteiger partial charge in [-0.3, -0.25) is 0 Å². The van der Waals surface area contributed by atoms with Crippen LogP contribution in [0.5, 0.6) is 0 Å². The van der Waals surface area contributed by atoms with Crippen molar-refractivity contribution in [1.82, 2.24) is 0 Å². The monoisotopic (exact) mass is 512 g/mol. The minimum Gasteiger partial charge on any atom is -0.0835 e. The number of rotatable bonds is 0. The van der Waals surface area contributed by atoms with Gasteiger partial charge in [0.05, 0.1) is 0 Å². The second-order valence-corrected chi connectivity index (χ2v) is 15.3. The van der Waals surface area contributed by atoms with Gasteiger partial charge in [-0.15, -0.1) is 0 Å². The van der Waals surface area contributed by atoms with E-state index in [1.807, 2.05) is 5.57 Å². The molecule has 9 aromatic rings. The minimum absolute atomic E-state index is 0.545. The van der Waals surface area contributed by atoms with Crippen molar-refractivity contribution in [1.29, 1.82) is 0 Å². The lowest BCUT2D eigenvalue weighted by Gasteiger charge is -2.37. The van der Waals surface area contributed by atoms with Crippen LogP contribution in [0.25, 0.3) is 97.8 Å². The van der Waals surface area contributed by atoms with Crippen LogP contribution in [-0.2, 0) is 6.42 Å². The SMILES string of the molecule is CC1Cc2c3ccc4c5c6c7c8c9c%10c%11c%12c(ccc%13c1c1c2c(c3c47)c8c%10c1c%13%12)C1C=CC2C(C=C5)C6C=9C2C%111. The molecule has 0 saturated heterocycles. The van der Waals surface area contributed by atoms with Gasteiger partial charge < -0.3 is 0 Å². The van der Waals surface area contributed by atoms with Gasteiger partial charge in [-0.25, -0.2) is 0 Å². The van der Waals surface area contributed by atoms with Crippen molar-refractivity contribution in [2.45, 2.75) is 37.0 Å². The molecular weight excluding hydrogens is 492 g/mol. The number of fused-ring (bicyclic) bond motifs is 5. The third-order valence-electron chi connectivity index (χ3n) is 14.6. The second kappa shape index (κ2) is 4.54. The Morgan fingerprint density at radius 3 is 2.32 bits per heavy atom. The first kappa shape index (κ1) is 17.6. The molecule has 7 aliphatic rings. The van der Waals surface area contributed by atoms with E-state index in [4.69, 9.17) is 0 Å². The van der Waals surface area contributed by atoms with E-state index in [9.17, 15) is 0 Å². The summed E-state index contributed by atoms with van der Waals surface area (Å²) in [4.78, 5) is 0. The van der Waals surface area contributed by atoms with Crippen LogP contribution in [0.2, 0.25) is 0 Å². The van der Waals surface area contributed by atoms with Crippen molar-refractivity contribution in [2.75, 3.05) is 0 Å². The molecule has 184 valence electrons. The average molecular weight is 513 g/mol. The Bertz CT molecular complexity index is 3030.